The number of nitrogens with zero attached hydrogens (tertiary/aromatic N) is 3. The third-order valence-electron chi connectivity index (χ3n) is 5.62. The molecule has 1 amide bonds. The fraction of sp³-hybridized carbons (Fsp3) is 0.524. The summed E-state index contributed by atoms with van der Waals surface area (Å²) in [5.41, 5.74) is 1.40. The second-order valence-electron chi connectivity index (χ2n) is 7.91. The number of aromatic nitrogens is 2. The molecule has 2 heterocycles. The average molecular weight is 419 g/mol. The first-order valence-corrected chi connectivity index (χ1v) is 11.8. The van der Waals surface area contributed by atoms with E-state index in [0.29, 0.717) is 26.2 Å². The van der Waals surface area contributed by atoms with E-state index < -0.39 is 15.4 Å². The van der Waals surface area contributed by atoms with E-state index in [4.69, 9.17) is 0 Å². The molecule has 1 fully saturated rings. The van der Waals surface area contributed by atoms with E-state index in [1.165, 1.54) is 5.56 Å². The van der Waals surface area contributed by atoms with Crippen molar-refractivity contribution in [3.63, 3.8) is 0 Å². The highest BCUT2D eigenvalue weighted by Gasteiger charge is 2.38. The number of carbonyl (C=O) groups is 1. The fourth-order valence-electron chi connectivity index (χ4n) is 3.64. The van der Waals surface area contributed by atoms with Gasteiger partial charge in [-0.15, -0.1) is 0 Å². The Morgan fingerprint density at radius 2 is 1.93 bits per heavy atom. The van der Waals surface area contributed by atoms with Gasteiger partial charge in [0, 0.05) is 26.2 Å². The minimum atomic E-state index is -3.43. The SMILES string of the molecule is CCS(=O)(=O)c1ncc(CN2CCNC(=O)C2(C)C)n1CCCc1ccccc1. The molecule has 0 radical (unpaired) electrons. The Morgan fingerprint density at radius 3 is 2.62 bits per heavy atom. The first-order valence-electron chi connectivity index (χ1n) is 10.1. The Balaban J connectivity index is 1.84. The van der Waals surface area contributed by atoms with Crippen molar-refractivity contribution in [1.29, 1.82) is 0 Å². The summed E-state index contributed by atoms with van der Waals surface area (Å²) in [6, 6.07) is 10.2. The van der Waals surface area contributed by atoms with Crippen molar-refractivity contribution in [2.75, 3.05) is 18.8 Å². The van der Waals surface area contributed by atoms with Gasteiger partial charge in [-0.3, -0.25) is 9.69 Å². The van der Waals surface area contributed by atoms with Crippen LogP contribution in [-0.2, 0) is 34.1 Å². The Bertz CT molecular complexity index is 952. The van der Waals surface area contributed by atoms with E-state index in [2.05, 4.69) is 27.3 Å². The lowest BCUT2D eigenvalue weighted by atomic mass is 9.99. The van der Waals surface area contributed by atoms with Gasteiger partial charge in [0.25, 0.3) is 0 Å². The maximum absolute atomic E-state index is 12.6. The average Bonchev–Trinajstić information content (AvgIpc) is 3.10. The van der Waals surface area contributed by atoms with Crippen LogP contribution in [0.4, 0.5) is 0 Å². The summed E-state index contributed by atoms with van der Waals surface area (Å²) in [6.07, 6.45) is 3.32. The van der Waals surface area contributed by atoms with Gasteiger partial charge in [0.2, 0.25) is 20.9 Å². The highest BCUT2D eigenvalue weighted by atomic mass is 32.2. The molecular weight excluding hydrogens is 388 g/mol. The maximum atomic E-state index is 12.6. The molecule has 158 valence electrons. The molecule has 1 N–H and O–H groups in total. The van der Waals surface area contributed by atoms with Crippen LogP contribution in [0, 0.1) is 0 Å². The molecule has 29 heavy (non-hydrogen) atoms. The minimum absolute atomic E-state index is 0.0136. The molecule has 0 atom stereocenters. The lowest BCUT2D eigenvalue weighted by molar-refractivity contribution is -0.135. The standard InChI is InChI=1S/C21H30N4O3S/c1-4-29(27,28)20-23-15-18(16-24-14-12-22-19(26)21(24,2)3)25(20)13-8-11-17-9-6-5-7-10-17/h5-7,9-10,15H,4,8,11-14,16H2,1-3H3,(H,22,26). The molecule has 2 aromatic rings. The van der Waals surface area contributed by atoms with Gasteiger partial charge in [-0.2, -0.15) is 0 Å². The molecule has 3 rings (SSSR count). The number of amides is 1. The number of carbonyl (C=O) groups excluding carboxylic acids is 1. The summed E-state index contributed by atoms with van der Waals surface area (Å²) in [6.45, 7) is 7.77. The Kier molecular flexibility index (Phi) is 6.43. The number of sulfone groups is 1. The highest BCUT2D eigenvalue weighted by Crippen LogP contribution is 2.23. The zero-order valence-electron chi connectivity index (χ0n) is 17.4. The van der Waals surface area contributed by atoms with Gasteiger partial charge in [-0.25, -0.2) is 13.4 Å². The molecule has 1 aromatic carbocycles. The van der Waals surface area contributed by atoms with Crippen molar-refractivity contribution in [2.45, 2.75) is 57.4 Å². The summed E-state index contributed by atoms with van der Waals surface area (Å²) in [7, 11) is -3.43. The molecule has 0 unspecified atom stereocenters. The molecule has 8 heteroatoms. The number of piperazine rings is 1. The van der Waals surface area contributed by atoms with Crippen molar-refractivity contribution >= 4 is 15.7 Å². The number of benzene rings is 1. The molecule has 0 aliphatic carbocycles. The second-order valence-corrected chi connectivity index (χ2v) is 10.1. The van der Waals surface area contributed by atoms with Crippen LogP contribution in [0.5, 0.6) is 0 Å². The van der Waals surface area contributed by atoms with E-state index in [1.54, 1.807) is 13.1 Å². The van der Waals surface area contributed by atoms with Gasteiger partial charge in [0.1, 0.15) is 0 Å². The predicted molar refractivity (Wildman–Crippen MR) is 112 cm³/mol. The molecule has 0 bridgehead atoms. The quantitative estimate of drug-likeness (QED) is 0.709. The topological polar surface area (TPSA) is 84.3 Å². The molecule has 1 aliphatic heterocycles. The van der Waals surface area contributed by atoms with Crippen molar-refractivity contribution in [1.82, 2.24) is 19.8 Å². The summed E-state index contributed by atoms with van der Waals surface area (Å²) >= 11 is 0. The summed E-state index contributed by atoms with van der Waals surface area (Å²) < 4.78 is 27.0. The van der Waals surface area contributed by atoms with E-state index in [9.17, 15) is 13.2 Å². The lowest BCUT2D eigenvalue weighted by Crippen LogP contribution is -2.61. The monoisotopic (exact) mass is 418 g/mol. The van der Waals surface area contributed by atoms with Crippen molar-refractivity contribution < 1.29 is 13.2 Å². The largest absolute Gasteiger partial charge is 0.353 e. The molecule has 0 saturated carbocycles. The second kappa shape index (κ2) is 8.67. The van der Waals surface area contributed by atoms with Crippen LogP contribution in [0.15, 0.2) is 41.7 Å². The maximum Gasteiger partial charge on any atom is 0.240 e. The number of nitrogens with one attached hydrogen (secondary N) is 1. The third-order valence-corrected chi connectivity index (χ3v) is 7.26. The Labute approximate surface area is 173 Å². The molecule has 0 spiro atoms. The lowest BCUT2D eigenvalue weighted by Gasteiger charge is -2.41. The summed E-state index contributed by atoms with van der Waals surface area (Å²) in [5, 5.41) is 3.02. The number of aryl methyl sites for hydroxylation is 1. The molecular formula is C21H30N4O3S. The van der Waals surface area contributed by atoms with Crippen LogP contribution in [0.25, 0.3) is 0 Å². The van der Waals surface area contributed by atoms with Gasteiger partial charge in [0.05, 0.1) is 23.2 Å². The zero-order valence-corrected chi connectivity index (χ0v) is 18.2. The Hall–Kier alpha value is -2.19. The van der Waals surface area contributed by atoms with Gasteiger partial charge < -0.3 is 9.88 Å². The van der Waals surface area contributed by atoms with E-state index in [0.717, 1.165) is 18.5 Å². The first-order chi connectivity index (χ1) is 13.8. The van der Waals surface area contributed by atoms with Crippen LogP contribution < -0.4 is 5.32 Å². The van der Waals surface area contributed by atoms with Crippen molar-refractivity contribution in [3.8, 4) is 0 Å². The molecule has 7 nitrogen and oxygen atoms in total. The van der Waals surface area contributed by atoms with Gasteiger partial charge in [-0.05, 0) is 32.3 Å². The first kappa shape index (κ1) is 21.5. The van der Waals surface area contributed by atoms with E-state index in [-0.39, 0.29) is 16.8 Å². The van der Waals surface area contributed by atoms with Crippen LogP contribution >= 0.6 is 0 Å². The zero-order chi connectivity index (χ0) is 21.1. The predicted octanol–water partition coefficient (Wildman–Crippen LogP) is 2.02. The van der Waals surface area contributed by atoms with Crippen LogP contribution in [-0.4, -0.2) is 53.2 Å². The van der Waals surface area contributed by atoms with Gasteiger partial charge in [-0.1, -0.05) is 37.3 Å². The third kappa shape index (κ3) is 4.70. The Morgan fingerprint density at radius 1 is 1.21 bits per heavy atom. The summed E-state index contributed by atoms with van der Waals surface area (Å²) in [5.74, 6) is 0.0000280. The van der Waals surface area contributed by atoms with Crippen molar-refractivity contribution in [2.24, 2.45) is 0 Å². The van der Waals surface area contributed by atoms with E-state index >= 15 is 0 Å². The van der Waals surface area contributed by atoms with Crippen molar-refractivity contribution in [3.05, 3.63) is 47.8 Å². The van der Waals surface area contributed by atoms with Crippen LogP contribution in [0.1, 0.15) is 38.4 Å². The number of rotatable bonds is 8. The van der Waals surface area contributed by atoms with Crippen LogP contribution in [0.2, 0.25) is 0 Å². The van der Waals surface area contributed by atoms with Gasteiger partial charge in [0.15, 0.2) is 0 Å². The van der Waals surface area contributed by atoms with Gasteiger partial charge >= 0.3 is 0 Å². The minimum Gasteiger partial charge on any atom is -0.353 e. The molecule has 1 aliphatic rings. The number of hydrogen-bond donors (Lipinski definition) is 1. The smallest absolute Gasteiger partial charge is 0.240 e. The molecule has 1 saturated heterocycles. The number of imidazole rings is 1. The molecule has 1 aromatic heterocycles. The fourth-order valence-corrected chi connectivity index (χ4v) is 4.65. The number of hydrogen-bond acceptors (Lipinski definition) is 5. The highest BCUT2D eigenvalue weighted by molar-refractivity contribution is 7.91. The summed E-state index contributed by atoms with van der Waals surface area (Å²) in [4.78, 5) is 18.6. The van der Waals surface area contributed by atoms with E-state index in [1.807, 2.05) is 36.6 Å². The normalized spacial score (nSPS) is 17.3. The van der Waals surface area contributed by atoms with Crippen LogP contribution in [0.3, 0.4) is 0 Å².